The lowest BCUT2D eigenvalue weighted by molar-refractivity contribution is 0.409. The van der Waals surface area contributed by atoms with Crippen LogP contribution >= 0.6 is 23.5 Å². The lowest BCUT2D eigenvalue weighted by atomic mass is 10.0. The Morgan fingerprint density at radius 3 is 2.90 bits per heavy atom. The van der Waals surface area contributed by atoms with Crippen molar-refractivity contribution in [2.45, 2.75) is 24.6 Å². The molecule has 0 saturated carbocycles. The fourth-order valence-corrected chi connectivity index (χ4v) is 5.19. The van der Waals surface area contributed by atoms with Crippen LogP contribution in [0.4, 0.5) is 4.39 Å². The van der Waals surface area contributed by atoms with Crippen molar-refractivity contribution in [1.82, 2.24) is 5.32 Å². The number of nitrogens with one attached hydrogen (secondary N) is 1. The predicted molar refractivity (Wildman–Crippen MR) is 87.6 cm³/mol. The van der Waals surface area contributed by atoms with Crippen LogP contribution < -0.4 is 10.1 Å². The first-order valence-electron chi connectivity index (χ1n) is 7.02. The Morgan fingerprint density at radius 2 is 2.30 bits per heavy atom. The van der Waals surface area contributed by atoms with Crippen LogP contribution in [0.25, 0.3) is 0 Å². The maximum absolute atomic E-state index is 14.3. The zero-order valence-electron chi connectivity index (χ0n) is 12.0. The molecule has 2 rings (SSSR count). The normalized spacial score (nSPS) is 20.6. The van der Waals surface area contributed by atoms with Crippen LogP contribution in [0.5, 0.6) is 5.75 Å². The lowest BCUT2D eigenvalue weighted by Crippen LogP contribution is -2.34. The minimum Gasteiger partial charge on any atom is -0.497 e. The van der Waals surface area contributed by atoms with E-state index in [1.807, 2.05) is 35.7 Å². The van der Waals surface area contributed by atoms with Gasteiger partial charge in [-0.2, -0.15) is 23.5 Å². The largest absolute Gasteiger partial charge is 0.497 e. The molecule has 2 nitrogen and oxygen atoms in total. The van der Waals surface area contributed by atoms with Crippen LogP contribution in [0, 0.1) is 5.82 Å². The van der Waals surface area contributed by atoms with Gasteiger partial charge in [-0.05, 0) is 19.0 Å². The van der Waals surface area contributed by atoms with E-state index in [0.29, 0.717) is 11.0 Å². The van der Waals surface area contributed by atoms with Crippen LogP contribution in [0.2, 0.25) is 0 Å². The van der Waals surface area contributed by atoms with Gasteiger partial charge in [0.2, 0.25) is 0 Å². The van der Waals surface area contributed by atoms with E-state index in [-0.39, 0.29) is 11.9 Å². The number of benzene rings is 1. The Balaban J connectivity index is 2.20. The molecule has 1 heterocycles. The second kappa shape index (κ2) is 8.15. The topological polar surface area (TPSA) is 21.3 Å². The molecule has 1 fully saturated rings. The molecule has 0 radical (unpaired) electrons. The molecule has 0 aromatic heterocycles. The van der Waals surface area contributed by atoms with Gasteiger partial charge in [-0.15, -0.1) is 0 Å². The van der Waals surface area contributed by atoms with Crippen molar-refractivity contribution in [1.29, 1.82) is 0 Å². The molecular weight excluding hydrogens is 293 g/mol. The van der Waals surface area contributed by atoms with E-state index >= 15 is 0 Å². The molecular formula is C15H22FNOS2. The number of thioether (sulfide) groups is 2. The molecule has 20 heavy (non-hydrogen) atoms. The molecule has 112 valence electrons. The average Bonchev–Trinajstić information content (AvgIpc) is 2.50. The van der Waals surface area contributed by atoms with Gasteiger partial charge in [0.1, 0.15) is 11.6 Å². The summed E-state index contributed by atoms with van der Waals surface area (Å²) in [6, 6.07) is 5.27. The number of halogens is 1. The first-order chi connectivity index (χ1) is 9.76. The highest BCUT2D eigenvalue weighted by molar-refractivity contribution is 8.06. The molecule has 0 aliphatic carbocycles. The Kier molecular flexibility index (Phi) is 6.52. The van der Waals surface area contributed by atoms with E-state index in [2.05, 4.69) is 12.2 Å². The molecule has 1 saturated heterocycles. The van der Waals surface area contributed by atoms with Crippen molar-refractivity contribution in [2.75, 3.05) is 30.9 Å². The Bertz CT molecular complexity index is 424. The summed E-state index contributed by atoms with van der Waals surface area (Å²) in [5, 5.41) is 3.95. The van der Waals surface area contributed by atoms with E-state index in [1.165, 1.54) is 11.8 Å². The molecule has 1 aliphatic heterocycles. The lowest BCUT2D eigenvalue weighted by Gasteiger charge is -2.31. The molecule has 1 aromatic carbocycles. The van der Waals surface area contributed by atoms with Gasteiger partial charge in [-0.1, -0.05) is 13.0 Å². The molecule has 1 N–H and O–H groups in total. The molecule has 0 amide bonds. The quantitative estimate of drug-likeness (QED) is 0.863. The van der Waals surface area contributed by atoms with Gasteiger partial charge in [-0.3, -0.25) is 0 Å². The van der Waals surface area contributed by atoms with Crippen molar-refractivity contribution in [3.63, 3.8) is 0 Å². The first kappa shape index (κ1) is 16.0. The molecule has 1 aliphatic rings. The average molecular weight is 315 g/mol. The predicted octanol–water partition coefficient (Wildman–Crippen LogP) is 3.72. The van der Waals surface area contributed by atoms with E-state index in [9.17, 15) is 4.39 Å². The number of methoxy groups -OCH3 is 1. The van der Waals surface area contributed by atoms with E-state index in [1.54, 1.807) is 7.11 Å². The maximum Gasteiger partial charge on any atom is 0.131 e. The van der Waals surface area contributed by atoms with Crippen molar-refractivity contribution >= 4 is 23.5 Å². The van der Waals surface area contributed by atoms with Gasteiger partial charge in [-0.25, -0.2) is 4.39 Å². The number of hydrogen-bond acceptors (Lipinski definition) is 4. The fourth-order valence-electron chi connectivity index (χ4n) is 2.33. The first-order valence-corrected chi connectivity index (χ1v) is 9.22. The number of ether oxygens (including phenoxy) is 1. The van der Waals surface area contributed by atoms with E-state index in [4.69, 9.17) is 4.74 Å². The van der Waals surface area contributed by atoms with Crippen molar-refractivity contribution in [2.24, 2.45) is 0 Å². The van der Waals surface area contributed by atoms with Crippen molar-refractivity contribution < 1.29 is 9.13 Å². The Morgan fingerprint density at radius 1 is 1.45 bits per heavy atom. The van der Waals surface area contributed by atoms with Gasteiger partial charge < -0.3 is 10.1 Å². The molecule has 5 heteroatoms. The monoisotopic (exact) mass is 315 g/mol. The van der Waals surface area contributed by atoms with Gasteiger partial charge in [0.25, 0.3) is 0 Å². The number of rotatable bonds is 6. The second-order valence-corrected chi connectivity index (χ2v) is 7.30. The summed E-state index contributed by atoms with van der Waals surface area (Å²) in [7, 11) is 1.56. The summed E-state index contributed by atoms with van der Waals surface area (Å²) in [5.41, 5.74) is 0.763. The highest BCUT2D eigenvalue weighted by Crippen LogP contribution is 2.35. The smallest absolute Gasteiger partial charge is 0.131 e. The second-order valence-electron chi connectivity index (χ2n) is 4.80. The van der Waals surface area contributed by atoms with Crippen LogP contribution in [-0.2, 0) is 0 Å². The molecule has 0 spiro atoms. The van der Waals surface area contributed by atoms with Gasteiger partial charge in [0, 0.05) is 40.2 Å². The fraction of sp³-hybridized carbons (Fsp3) is 0.600. The zero-order chi connectivity index (χ0) is 14.4. The van der Waals surface area contributed by atoms with Crippen LogP contribution in [0.15, 0.2) is 18.2 Å². The third kappa shape index (κ3) is 4.06. The Hall–Kier alpha value is -0.390. The van der Waals surface area contributed by atoms with Gasteiger partial charge in [0.05, 0.1) is 7.11 Å². The zero-order valence-corrected chi connectivity index (χ0v) is 13.7. The maximum atomic E-state index is 14.3. The summed E-state index contributed by atoms with van der Waals surface area (Å²) < 4.78 is 19.4. The van der Waals surface area contributed by atoms with Crippen LogP contribution in [-0.4, -0.2) is 36.2 Å². The van der Waals surface area contributed by atoms with Gasteiger partial charge in [0.15, 0.2) is 0 Å². The summed E-state index contributed by atoms with van der Waals surface area (Å²) in [6.45, 7) is 3.05. The molecule has 1 aromatic rings. The molecule has 2 unspecified atom stereocenters. The minimum atomic E-state index is -0.172. The molecule has 0 bridgehead atoms. The van der Waals surface area contributed by atoms with E-state index < -0.39 is 0 Å². The Labute approximate surface area is 129 Å². The minimum absolute atomic E-state index is 0.0821. The summed E-state index contributed by atoms with van der Waals surface area (Å²) in [5.74, 6) is 3.84. The SMILES string of the molecule is CCCNC(c1ccc(OC)cc1F)C1CSCCS1. The number of hydrogen-bond donors (Lipinski definition) is 1. The standard InChI is InChI=1S/C15H22FNOS2/c1-3-6-17-15(14-10-19-7-8-20-14)12-5-4-11(18-2)9-13(12)16/h4-5,9,14-15,17H,3,6-8,10H2,1-2H3. The third-order valence-corrected chi connectivity index (χ3v) is 6.23. The van der Waals surface area contributed by atoms with Crippen molar-refractivity contribution in [3.05, 3.63) is 29.6 Å². The van der Waals surface area contributed by atoms with E-state index in [0.717, 1.165) is 30.0 Å². The van der Waals surface area contributed by atoms with Crippen LogP contribution in [0.3, 0.4) is 0 Å². The summed E-state index contributed by atoms with van der Waals surface area (Å²) >= 11 is 3.92. The summed E-state index contributed by atoms with van der Waals surface area (Å²) in [6.07, 6.45) is 1.05. The highest BCUT2D eigenvalue weighted by atomic mass is 32.2. The summed E-state index contributed by atoms with van der Waals surface area (Å²) in [4.78, 5) is 0. The van der Waals surface area contributed by atoms with Crippen LogP contribution in [0.1, 0.15) is 24.9 Å². The van der Waals surface area contributed by atoms with Gasteiger partial charge >= 0.3 is 0 Å². The molecule has 2 atom stereocenters. The van der Waals surface area contributed by atoms with Crippen molar-refractivity contribution in [3.8, 4) is 5.75 Å². The highest BCUT2D eigenvalue weighted by Gasteiger charge is 2.27. The third-order valence-electron chi connectivity index (χ3n) is 3.37.